The number of rotatable bonds is 2. The third kappa shape index (κ3) is 1.93. The van der Waals surface area contributed by atoms with Crippen LogP contribution in [0.2, 0.25) is 0 Å². The molecule has 0 spiro atoms. The van der Waals surface area contributed by atoms with Crippen molar-refractivity contribution in [3.05, 3.63) is 36.5 Å². The highest BCUT2D eigenvalue weighted by Gasteiger charge is 2.06. The first-order valence-electron chi connectivity index (χ1n) is 5.66. The first-order chi connectivity index (χ1) is 9.17. The van der Waals surface area contributed by atoms with Crippen LogP contribution in [0.5, 0.6) is 11.5 Å². The number of pyridine rings is 1. The molecule has 0 unspecified atom stereocenters. The molecule has 2 aromatic heterocycles. The Labute approximate surface area is 109 Å². The van der Waals surface area contributed by atoms with Crippen molar-refractivity contribution in [1.82, 2.24) is 14.6 Å². The zero-order valence-electron chi connectivity index (χ0n) is 10.2. The number of phenols is 1. The molecule has 2 heterocycles. The van der Waals surface area contributed by atoms with Gasteiger partial charge in [0.25, 0.3) is 0 Å². The molecular formula is C13H12N4O2. The summed E-state index contributed by atoms with van der Waals surface area (Å²) in [5.74, 6) is 0.772. The molecule has 19 heavy (non-hydrogen) atoms. The fourth-order valence-corrected chi connectivity index (χ4v) is 1.93. The molecule has 0 radical (unpaired) electrons. The summed E-state index contributed by atoms with van der Waals surface area (Å²) in [6, 6.07) is 8.90. The molecule has 0 aliphatic heterocycles. The Morgan fingerprint density at radius 3 is 2.79 bits per heavy atom. The molecule has 1 aromatic carbocycles. The molecule has 96 valence electrons. The topological polar surface area (TPSA) is 85.7 Å². The van der Waals surface area contributed by atoms with E-state index in [1.54, 1.807) is 22.7 Å². The van der Waals surface area contributed by atoms with Crippen LogP contribution < -0.4 is 10.5 Å². The van der Waals surface area contributed by atoms with Gasteiger partial charge in [0.1, 0.15) is 0 Å². The number of phenolic OH excluding ortho intramolecular Hbond substituents is 1. The predicted molar refractivity (Wildman–Crippen MR) is 71.1 cm³/mol. The number of nitrogen functional groups attached to an aromatic ring is 1. The van der Waals surface area contributed by atoms with E-state index < -0.39 is 0 Å². The number of anilines is 1. The Hall–Kier alpha value is -2.76. The van der Waals surface area contributed by atoms with E-state index in [-0.39, 0.29) is 11.7 Å². The van der Waals surface area contributed by atoms with Gasteiger partial charge in [0.05, 0.1) is 7.11 Å². The smallest absolute Gasteiger partial charge is 0.240 e. The van der Waals surface area contributed by atoms with Gasteiger partial charge in [-0.25, -0.2) is 4.52 Å². The second kappa shape index (κ2) is 4.16. The van der Waals surface area contributed by atoms with Crippen LogP contribution in [0.3, 0.4) is 0 Å². The van der Waals surface area contributed by atoms with Crippen LogP contribution in [-0.4, -0.2) is 26.8 Å². The Morgan fingerprint density at radius 1 is 1.21 bits per heavy atom. The standard InChI is InChI=1S/C13H12N4O2/c1-19-11-6-8(2-4-10(11)18)9-3-5-12-15-13(14)16-17(12)7-9/h2-7,18H,1H3,(H2,14,16). The molecule has 6 nitrogen and oxygen atoms in total. The second-order valence-electron chi connectivity index (χ2n) is 4.08. The number of fused-ring (bicyclic) bond motifs is 1. The van der Waals surface area contributed by atoms with Crippen LogP contribution in [0.25, 0.3) is 16.8 Å². The van der Waals surface area contributed by atoms with Gasteiger partial charge in [0.15, 0.2) is 17.1 Å². The summed E-state index contributed by atoms with van der Waals surface area (Å²) in [5, 5.41) is 13.7. The van der Waals surface area contributed by atoms with Crippen molar-refractivity contribution in [3.8, 4) is 22.6 Å². The molecule has 3 rings (SSSR count). The van der Waals surface area contributed by atoms with Crippen molar-refractivity contribution in [2.75, 3.05) is 12.8 Å². The van der Waals surface area contributed by atoms with E-state index >= 15 is 0 Å². The Kier molecular flexibility index (Phi) is 2.49. The number of methoxy groups -OCH3 is 1. The third-order valence-electron chi connectivity index (χ3n) is 2.86. The first-order valence-corrected chi connectivity index (χ1v) is 5.66. The minimum Gasteiger partial charge on any atom is -0.504 e. The average molecular weight is 256 g/mol. The van der Waals surface area contributed by atoms with Gasteiger partial charge in [-0.2, -0.15) is 4.98 Å². The van der Waals surface area contributed by atoms with Gasteiger partial charge in [-0.15, -0.1) is 5.10 Å². The van der Waals surface area contributed by atoms with Crippen molar-refractivity contribution in [3.63, 3.8) is 0 Å². The summed E-state index contributed by atoms with van der Waals surface area (Å²) in [6.07, 6.45) is 1.82. The molecule has 0 aliphatic rings. The number of benzene rings is 1. The Balaban J connectivity index is 2.12. The molecule has 3 aromatic rings. The van der Waals surface area contributed by atoms with Gasteiger partial charge >= 0.3 is 0 Å². The molecule has 0 aliphatic carbocycles. The van der Waals surface area contributed by atoms with Gasteiger partial charge in [-0.1, -0.05) is 6.07 Å². The molecule has 3 N–H and O–H groups in total. The maximum atomic E-state index is 9.59. The van der Waals surface area contributed by atoms with E-state index in [1.165, 1.54) is 7.11 Å². The van der Waals surface area contributed by atoms with Crippen molar-refractivity contribution in [2.45, 2.75) is 0 Å². The normalized spacial score (nSPS) is 10.8. The molecule has 0 atom stereocenters. The maximum absolute atomic E-state index is 9.59. The lowest BCUT2D eigenvalue weighted by Gasteiger charge is -2.07. The molecule has 6 heteroatoms. The first kappa shape index (κ1) is 11.3. The predicted octanol–water partition coefficient (Wildman–Crippen LogP) is 1.69. The fourth-order valence-electron chi connectivity index (χ4n) is 1.93. The largest absolute Gasteiger partial charge is 0.504 e. The molecular weight excluding hydrogens is 244 g/mol. The minimum absolute atomic E-state index is 0.109. The van der Waals surface area contributed by atoms with E-state index in [2.05, 4.69) is 10.1 Å². The fraction of sp³-hybridized carbons (Fsp3) is 0.0769. The van der Waals surface area contributed by atoms with E-state index in [0.29, 0.717) is 11.4 Å². The maximum Gasteiger partial charge on any atom is 0.240 e. The lowest BCUT2D eigenvalue weighted by Crippen LogP contribution is -1.91. The number of aromatic nitrogens is 3. The number of hydrogen-bond donors (Lipinski definition) is 2. The van der Waals surface area contributed by atoms with Crippen LogP contribution in [0, 0.1) is 0 Å². The van der Waals surface area contributed by atoms with Crippen LogP contribution in [0.4, 0.5) is 5.95 Å². The Morgan fingerprint density at radius 2 is 2.00 bits per heavy atom. The van der Waals surface area contributed by atoms with Gasteiger partial charge in [0, 0.05) is 11.8 Å². The highest BCUT2D eigenvalue weighted by molar-refractivity contribution is 5.67. The van der Waals surface area contributed by atoms with E-state index in [1.807, 2.05) is 18.3 Å². The third-order valence-corrected chi connectivity index (χ3v) is 2.86. The van der Waals surface area contributed by atoms with Gasteiger partial charge in [-0.3, -0.25) is 0 Å². The van der Waals surface area contributed by atoms with Crippen LogP contribution in [-0.2, 0) is 0 Å². The summed E-state index contributed by atoms with van der Waals surface area (Å²) < 4.78 is 6.71. The molecule has 0 fully saturated rings. The Bertz CT molecular complexity index is 751. The van der Waals surface area contributed by atoms with Crippen molar-refractivity contribution < 1.29 is 9.84 Å². The lowest BCUT2D eigenvalue weighted by atomic mass is 10.1. The van der Waals surface area contributed by atoms with Crippen LogP contribution in [0.1, 0.15) is 0 Å². The van der Waals surface area contributed by atoms with Crippen LogP contribution >= 0.6 is 0 Å². The van der Waals surface area contributed by atoms with Crippen molar-refractivity contribution in [1.29, 1.82) is 0 Å². The quantitative estimate of drug-likeness (QED) is 0.728. The second-order valence-corrected chi connectivity index (χ2v) is 4.08. The zero-order valence-corrected chi connectivity index (χ0v) is 10.2. The van der Waals surface area contributed by atoms with Crippen LogP contribution in [0.15, 0.2) is 36.5 Å². The summed E-state index contributed by atoms with van der Waals surface area (Å²) in [7, 11) is 1.51. The number of ether oxygens (including phenoxy) is 1. The summed E-state index contributed by atoms with van der Waals surface area (Å²) >= 11 is 0. The highest BCUT2D eigenvalue weighted by Crippen LogP contribution is 2.31. The average Bonchev–Trinajstić information content (AvgIpc) is 2.78. The summed E-state index contributed by atoms with van der Waals surface area (Å²) in [5.41, 5.74) is 8.07. The lowest BCUT2D eigenvalue weighted by molar-refractivity contribution is 0.373. The van der Waals surface area contributed by atoms with Gasteiger partial charge < -0.3 is 15.6 Å². The monoisotopic (exact) mass is 256 g/mol. The summed E-state index contributed by atoms with van der Waals surface area (Å²) in [4.78, 5) is 4.06. The van der Waals surface area contributed by atoms with E-state index in [0.717, 1.165) is 11.1 Å². The number of nitrogens with zero attached hydrogens (tertiary/aromatic N) is 3. The molecule has 0 saturated heterocycles. The number of aromatic hydroxyl groups is 1. The number of nitrogens with two attached hydrogens (primary N) is 1. The summed E-state index contributed by atoms with van der Waals surface area (Å²) in [6.45, 7) is 0. The number of hydrogen-bond acceptors (Lipinski definition) is 5. The SMILES string of the molecule is COc1cc(-c2ccc3nc(N)nn3c2)ccc1O. The minimum atomic E-state index is 0.109. The molecule has 0 amide bonds. The van der Waals surface area contributed by atoms with Crippen molar-refractivity contribution in [2.24, 2.45) is 0 Å². The van der Waals surface area contributed by atoms with E-state index in [9.17, 15) is 5.11 Å². The van der Waals surface area contributed by atoms with Gasteiger partial charge in [0.2, 0.25) is 5.95 Å². The van der Waals surface area contributed by atoms with Gasteiger partial charge in [-0.05, 0) is 29.8 Å². The van der Waals surface area contributed by atoms with Crippen molar-refractivity contribution >= 4 is 11.6 Å². The molecule has 0 bridgehead atoms. The van der Waals surface area contributed by atoms with E-state index in [4.69, 9.17) is 10.5 Å². The molecule has 0 saturated carbocycles. The highest BCUT2D eigenvalue weighted by atomic mass is 16.5. The zero-order chi connectivity index (χ0) is 13.4.